The fourth-order valence-electron chi connectivity index (χ4n) is 4.42. The number of carbonyl (C=O) groups excluding carboxylic acids is 2. The fourth-order valence-corrected chi connectivity index (χ4v) is 6.73. The lowest BCUT2D eigenvalue weighted by Crippen LogP contribution is -2.34. The first-order valence-corrected chi connectivity index (χ1v) is 12.7. The first-order valence-electron chi connectivity index (χ1n) is 10.9. The van der Waals surface area contributed by atoms with Gasteiger partial charge in [-0.25, -0.2) is 4.39 Å². The Balaban J connectivity index is 1.11. The van der Waals surface area contributed by atoms with Gasteiger partial charge in [0.15, 0.2) is 11.4 Å². The Morgan fingerprint density at radius 1 is 1.28 bits per heavy atom. The third kappa shape index (κ3) is 4.46. The zero-order valence-electron chi connectivity index (χ0n) is 17.6. The van der Waals surface area contributed by atoms with Crippen LogP contribution < -0.4 is 5.32 Å². The fraction of sp³-hybridized carbons (Fsp3) is 0.435. The van der Waals surface area contributed by atoms with Gasteiger partial charge in [-0.1, -0.05) is 5.16 Å². The van der Waals surface area contributed by atoms with Gasteiger partial charge in [0.1, 0.15) is 5.82 Å². The molecule has 1 N–H and O–H groups in total. The van der Waals surface area contributed by atoms with Crippen molar-refractivity contribution >= 4 is 45.8 Å². The Labute approximate surface area is 193 Å². The maximum absolute atomic E-state index is 13.4. The van der Waals surface area contributed by atoms with Crippen LogP contribution in [0.1, 0.15) is 57.3 Å². The summed E-state index contributed by atoms with van der Waals surface area (Å²) in [6, 6.07) is 6.34. The van der Waals surface area contributed by atoms with Gasteiger partial charge in [-0.2, -0.15) is 0 Å². The van der Waals surface area contributed by atoms with Crippen LogP contribution in [-0.4, -0.2) is 53.7 Å². The molecule has 0 spiro atoms. The average molecular weight is 474 g/mol. The van der Waals surface area contributed by atoms with Gasteiger partial charge in [0.05, 0.1) is 20.3 Å². The van der Waals surface area contributed by atoms with Gasteiger partial charge in [-0.15, -0.1) is 23.1 Å². The van der Waals surface area contributed by atoms with Gasteiger partial charge in [0, 0.05) is 36.1 Å². The van der Waals surface area contributed by atoms with Crippen molar-refractivity contribution in [1.29, 1.82) is 0 Å². The SMILES string of the molecule is O=C(CCCN1CCC(c2noc3cc(F)ccc23)CC1)c1cc2c(s1)SCCNC2=O. The molecule has 0 radical (unpaired) electrons. The third-order valence-corrected chi connectivity index (χ3v) is 8.62. The van der Waals surface area contributed by atoms with E-state index in [-0.39, 0.29) is 17.5 Å². The molecular weight excluding hydrogens is 449 g/mol. The Morgan fingerprint density at radius 3 is 2.97 bits per heavy atom. The number of benzene rings is 1. The zero-order valence-corrected chi connectivity index (χ0v) is 19.2. The standard InChI is InChI=1S/C23H24FN3O3S2/c24-15-3-4-16-19(12-15)30-26-21(16)14-5-9-27(10-6-14)8-1-2-18(28)20-13-17-22(29)25-7-11-31-23(17)32-20/h3-4,12-14H,1-2,5-11H2,(H,25,29). The molecule has 1 fully saturated rings. The Kier molecular flexibility index (Phi) is 6.30. The summed E-state index contributed by atoms with van der Waals surface area (Å²) in [6.07, 6.45) is 3.23. The number of piperidine rings is 1. The first kappa shape index (κ1) is 21.6. The topological polar surface area (TPSA) is 75.4 Å². The summed E-state index contributed by atoms with van der Waals surface area (Å²) in [5.41, 5.74) is 2.07. The monoisotopic (exact) mass is 473 g/mol. The van der Waals surface area contributed by atoms with Crippen LogP contribution >= 0.6 is 23.1 Å². The van der Waals surface area contributed by atoms with E-state index in [0.717, 1.165) is 59.9 Å². The Hall–Kier alpha value is -2.23. The van der Waals surface area contributed by atoms with Gasteiger partial charge in [-0.3, -0.25) is 9.59 Å². The maximum atomic E-state index is 13.4. The summed E-state index contributed by atoms with van der Waals surface area (Å²) in [7, 11) is 0. The molecule has 9 heteroatoms. The molecule has 2 aromatic heterocycles. The highest BCUT2D eigenvalue weighted by atomic mass is 32.2. The first-order chi connectivity index (χ1) is 15.6. The van der Waals surface area contributed by atoms with Crippen molar-refractivity contribution in [2.75, 3.05) is 31.9 Å². The number of carbonyl (C=O) groups is 2. The van der Waals surface area contributed by atoms with Crippen molar-refractivity contribution in [1.82, 2.24) is 15.4 Å². The number of aromatic nitrogens is 1. The zero-order chi connectivity index (χ0) is 22.1. The van der Waals surface area contributed by atoms with E-state index in [1.54, 1.807) is 23.9 Å². The van der Waals surface area contributed by atoms with Gasteiger partial charge in [0.2, 0.25) is 0 Å². The molecule has 4 heterocycles. The normalized spacial score (nSPS) is 17.8. The lowest BCUT2D eigenvalue weighted by atomic mass is 9.91. The van der Waals surface area contributed by atoms with Crippen LogP contribution in [0, 0.1) is 5.82 Å². The maximum Gasteiger partial charge on any atom is 0.253 e. The van der Waals surface area contributed by atoms with Crippen LogP contribution in [0.3, 0.4) is 0 Å². The van der Waals surface area contributed by atoms with E-state index in [1.165, 1.54) is 23.5 Å². The number of likely N-dealkylation sites (tertiary alicyclic amines) is 1. The minimum absolute atomic E-state index is 0.0757. The van der Waals surface area contributed by atoms with Gasteiger partial charge < -0.3 is 14.7 Å². The number of fused-ring (bicyclic) bond motifs is 2. The van der Waals surface area contributed by atoms with E-state index < -0.39 is 0 Å². The van der Waals surface area contributed by atoms with Gasteiger partial charge in [-0.05, 0) is 57.1 Å². The van der Waals surface area contributed by atoms with Crippen LogP contribution in [0.15, 0.2) is 33.0 Å². The average Bonchev–Trinajstić information content (AvgIpc) is 3.37. The molecule has 0 bridgehead atoms. The number of Topliss-reactive ketones (excluding diaryl/α,β-unsaturated/α-hetero) is 1. The van der Waals surface area contributed by atoms with E-state index in [9.17, 15) is 14.0 Å². The molecule has 6 nitrogen and oxygen atoms in total. The second-order valence-electron chi connectivity index (χ2n) is 8.27. The highest BCUT2D eigenvalue weighted by molar-refractivity contribution is 8.01. The van der Waals surface area contributed by atoms with Crippen molar-refractivity contribution in [3.63, 3.8) is 0 Å². The summed E-state index contributed by atoms with van der Waals surface area (Å²) in [5, 5.41) is 7.98. The van der Waals surface area contributed by atoms with Crippen LogP contribution in [-0.2, 0) is 0 Å². The molecule has 0 saturated carbocycles. The molecule has 2 aliphatic rings. The molecule has 0 atom stereocenters. The Bertz CT molecular complexity index is 1150. The third-order valence-electron chi connectivity index (χ3n) is 6.15. The summed E-state index contributed by atoms with van der Waals surface area (Å²) < 4.78 is 19.7. The predicted molar refractivity (Wildman–Crippen MR) is 123 cm³/mol. The van der Waals surface area contributed by atoms with Crippen molar-refractivity contribution in [3.8, 4) is 0 Å². The van der Waals surface area contributed by atoms with E-state index in [1.807, 2.05) is 0 Å². The number of ketones is 1. The summed E-state index contributed by atoms with van der Waals surface area (Å²) in [5.74, 6) is 0.875. The largest absolute Gasteiger partial charge is 0.356 e. The van der Waals surface area contributed by atoms with Gasteiger partial charge >= 0.3 is 0 Å². The van der Waals surface area contributed by atoms with Crippen LogP contribution in [0.4, 0.5) is 4.39 Å². The van der Waals surface area contributed by atoms with Crippen molar-refractivity contribution in [2.45, 2.75) is 35.8 Å². The number of thiophene rings is 1. The molecule has 5 rings (SSSR count). The van der Waals surface area contributed by atoms with Crippen LogP contribution in [0.2, 0.25) is 0 Å². The highest BCUT2D eigenvalue weighted by Gasteiger charge is 2.26. The number of nitrogens with zero attached hydrogens (tertiary/aromatic N) is 2. The number of rotatable bonds is 6. The lowest BCUT2D eigenvalue weighted by Gasteiger charge is -2.31. The van der Waals surface area contributed by atoms with Crippen molar-refractivity contribution in [3.05, 3.63) is 46.2 Å². The van der Waals surface area contributed by atoms with Crippen LogP contribution in [0.25, 0.3) is 11.0 Å². The number of thioether (sulfide) groups is 1. The molecule has 168 valence electrons. The molecule has 3 aromatic rings. The summed E-state index contributed by atoms with van der Waals surface area (Å²) in [6.45, 7) is 3.43. The molecule has 0 unspecified atom stereocenters. The molecular formula is C23H24FN3O3S2. The lowest BCUT2D eigenvalue weighted by molar-refractivity contribution is 0.0955. The van der Waals surface area contributed by atoms with E-state index >= 15 is 0 Å². The molecule has 2 aliphatic heterocycles. The van der Waals surface area contributed by atoms with Gasteiger partial charge in [0.25, 0.3) is 5.91 Å². The number of hydrogen-bond acceptors (Lipinski definition) is 7. The second-order valence-corrected chi connectivity index (χ2v) is 10.7. The summed E-state index contributed by atoms with van der Waals surface area (Å²) >= 11 is 3.09. The molecule has 0 aliphatic carbocycles. The molecule has 32 heavy (non-hydrogen) atoms. The quantitative estimate of drug-likeness (QED) is 0.523. The minimum atomic E-state index is -0.315. The second kappa shape index (κ2) is 9.33. The molecule has 1 amide bonds. The predicted octanol–water partition coefficient (Wildman–Crippen LogP) is 4.71. The number of hydrogen-bond donors (Lipinski definition) is 1. The minimum Gasteiger partial charge on any atom is -0.356 e. The summed E-state index contributed by atoms with van der Waals surface area (Å²) in [4.78, 5) is 27.8. The number of amides is 1. The van der Waals surface area contributed by atoms with Crippen molar-refractivity contribution in [2.24, 2.45) is 0 Å². The van der Waals surface area contributed by atoms with Crippen molar-refractivity contribution < 1.29 is 18.5 Å². The Morgan fingerprint density at radius 2 is 2.12 bits per heavy atom. The van der Waals surface area contributed by atoms with Crippen LogP contribution in [0.5, 0.6) is 0 Å². The smallest absolute Gasteiger partial charge is 0.253 e. The van der Waals surface area contributed by atoms with E-state index in [0.29, 0.717) is 34.9 Å². The van der Waals surface area contributed by atoms with E-state index in [4.69, 9.17) is 4.52 Å². The highest BCUT2D eigenvalue weighted by Crippen LogP contribution is 2.35. The molecule has 1 aromatic carbocycles. The van der Waals surface area contributed by atoms with E-state index in [2.05, 4.69) is 15.4 Å². The molecule has 1 saturated heterocycles. The number of halogens is 1. The number of nitrogens with one attached hydrogen (secondary N) is 1.